The zero-order chi connectivity index (χ0) is 11.5. The van der Waals surface area contributed by atoms with Gasteiger partial charge in [0, 0.05) is 0 Å². The van der Waals surface area contributed by atoms with Gasteiger partial charge in [0.15, 0.2) is 0 Å². The molecule has 0 amide bonds. The summed E-state index contributed by atoms with van der Waals surface area (Å²) in [6.07, 6.45) is 1.68. The monoisotopic (exact) mass is 233 g/mol. The van der Waals surface area contributed by atoms with Crippen molar-refractivity contribution < 1.29 is 0 Å². The summed E-state index contributed by atoms with van der Waals surface area (Å²) in [4.78, 5) is 4.01. The first-order valence-electron chi connectivity index (χ1n) is 4.90. The van der Waals surface area contributed by atoms with Crippen molar-refractivity contribution in [3.05, 3.63) is 47.1 Å². The van der Waals surface area contributed by atoms with E-state index in [1.807, 2.05) is 31.2 Å². The van der Waals surface area contributed by atoms with Crippen molar-refractivity contribution in [1.82, 2.24) is 4.98 Å². The Morgan fingerprint density at radius 2 is 2.06 bits per heavy atom. The van der Waals surface area contributed by atoms with Crippen LogP contribution >= 0.6 is 11.6 Å². The van der Waals surface area contributed by atoms with Gasteiger partial charge in [0.1, 0.15) is 5.82 Å². The van der Waals surface area contributed by atoms with Gasteiger partial charge < -0.3 is 11.1 Å². The lowest BCUT2D eigenvalue weighted by Gasteiger charge is -2.10. The lowest BCUT2D eigenvalue weighted by Crippen LogP contribution is -1.96. The van der Waals surface area contributed by atoms with Gasteiger partial charge in [-0.2, -0.15) is 0 Å². The topological polar surface area (TPSA) is 50.9 Å². The van der Waals surface area contributed by atoms with E-state index in [2.05, 4.69) is 10.3 Å². The van der Waals surface area contributed by atoms with Crippen LogP contribution in [0.15, 0.2) is 36.5 Å². The fraction of sp³-hybridized carbons (Fsp3) is 0.0833. The molecule has 0 atom stereocenters. The summed E-state index contributed by atoms with van der Waals surface area (Å²) in [6, 6.07) is 9.38. The second-order valence-electron chi connectivity index (χ2n) is 3.53. The van der Waals surface area contributed by atoms with Gasteiger partial charge >= 0.3 is 0 Å². The van der Waals surface area contributed by atoms with Crippen LogP contribution in [-0.4, -0.2) is 4.98 Å². The summed E-state index contributed by atoms with van der Waals surface area (Å²) in [5.74, 6) is 0.501. The highest BCUT2D eigenvalue weighted by Gasteiger charge is 2.03. The number of aromatic nitrogens is 1. The molecular weight excluding hydrogens is 222 g/mol. The van der Waals surface area contributed by atoms with Crippen LogP contribution in [0, 0.1) is 6.92 Å². The van der Waals surface area contributed by atoms with Crippen LogP contribution in [0.4, 0.5) is 17.2 Å². The van der Waals surface area contributed by atoms with Crippen LogP contribution in [0.1, 0.15) is 5.56 Å². The Kier molecular flexibility index (Phi) is 2.97. The van der Waals surface area contributed by atoms with Crippen molar-refractivity contribution in [3.63, 3.8) is 0 Å². The molecule has 0 saturated heterocycles. The Bertz CT molecular complexity index is 474. The molecule has 3 N–H and O–H groups in total. The van der Waals surface area contributed by atoms with Crippen molar-refractivity contribution in [2.75, 3.05) is 11.1 Å². The van der Waals surface area contributed by atoms with Crippen molar-refractivity contribution in [1.29, 1.82) is 0 Å². The Balaban J connectivity index is 2.30. The Hall–Kier alpha value is -1.74. The SMILES string of the molecule is Cc1cccc(Cl)c1Nc1ccc(N)nc1. The van der Waals surface area contributed by atoms with E-state index in [1.54, 1.807) is 12.3 Å². The minimum Gasteiger partial charge on any atom is -0.384 e. The fourth-order valence-corrected chi connectivity index (χ4v) is 1.68. The van der Waals surface area contributed by atoms with Gasteiger partial charge in [0.05, 0.1) is 22.6 Å². The first-order chi connectivity index (χ1) is 7.66. The van der Waals surface area contributed by atoms with Gasteiger partial charge in [-0.3, -0.25) is 0 Å². The van der Waals surface area contributed by atoms with Gasteiger partial charge in [0.2, 0.25) is 0 Å². The quantitative estimate of drug-likeness (QED) is 0.836. The number of hydrogen-bond donors (Lipinski definition) is 2. The number of benzene rings is 1. The maximum absolute atomic E-state index is 6.10. The lowest BCUT2D eigenvalue weighted by molar-refractivity contribution is 1.32. The summed E-state index contributed by atoms with van der Waals surface area (Å²) in [5.41, 5.74) is 8.37. The smallest absolute Gasteiger partial charge is 0.123 e. The maximum atomic E-state index is 6.10. The van der Waals surface area contributed by atoms with E-state index < -0.39 is 0 Å². The van der Waals surface area contributed by atoms with Gasteiger partial charge in [-0.15, -0.1) is 0 Å². The van der Waals surface area contributed by atoms with Crippen LogP contribution in [0.5, 0.6) is 0 Å². The molecule has 0 saturated carbocycles. The molecule has 1 heterocycles. The Labute approximate surface area is 99.3 Å². The third kappa shape index (κ3) is 2.25. The van der Waals surface area contributed by atoms with Crippen LogP contribution in [0.25, 0.3) is 0 Å². The standard InChI is InChI=1S/C12H12ClN3/c1-8-3-2-4-10(13)12(8)16-9-5-6-11(14)15-7-9/h2-7,16H,1H3,(H2,14,15). The van der Waals surface area contributed by atoms with E-state index >= 15 is 0 Å². The molecule has 2 rings (SSSR count). The van der Waals surface area contributed by atoms with Crippen molar-refractivity contribution in [3.8, 4) is 0 Å². The molecule has 0 spiro atoms. The number of nitrogens with one attached hydrogen (secondary N) is 1. The highest BCUT2D eigenvalue weighted by molar-refractivity contribution is 6.33. The predicted molar refractivity (Wildman–Crippen MR) is 68.1 cm³/mol. The number of hydrogen-bond acceptors (Lipinski definition) is 3. The van der Waals surface area contributed by atoms with Gasteiger partial charge in [-0.05, 0) is 30.7 Å². The van der Waals surface area contributed by atoms with Crippen LogP contribution in [0.2, 0.25) is 5.02 Å². The number of para-hydroxylation sites is 1. The number of nitrogens with two attached hydrogens (primary N) is 1. The number of rotatable bonds is 2. The first-order valence-corrected chi connectivity index (χ1v) is 5.28. The molecule has 0 radical (unpaired) electrons. The summed E-state index contributed by atoms with van der Waals surface area (Å²) >= 11 is 6.10. The molecule has 0 fully saturated rings. The van der Waals surface area contributed by atoms with Crippen molar-refractivity contribution >= 4 is 28.8 Å². The highest BCUT2D eigenvalue weighted by Crippen LogP contribution is 2.28. The second kappa shape index (κ2) is 4.41. The Morgan fingerprint density at radius 1 is 1.25 bits per heavy atom. The van der Waals surface area contributed by atoms with Crippen LogP contribution in [-0.2, 0) is 0 Å². The molecule has 82 valence electrons. The average Bonchev–Trinajstić information content (AvgIpc) is 2.26. The van der Waals surface area contributed by atoms with E-state index in [9.17, 15) is 0 Å². The molecule has 16 heavy (non-hydrogen) atoms. The minimum absolute atomic E-state index is 0.501. The highest BCUT2D eigenvalue weighted by atomic mass is 35.5. The fourth-order valence-electron chi connectivity index (χ4n) is 1.41. The molecule has 4 heteroatoms. The molecule has 1 aromatic heterocycles. The molecule has 0 aliphatic rings. The third-order valence-electron chi connectivity index (χ3n) is 2.28. The number of nitrogen functional groups attached to an aromatic ring is 1. The van der Waals surface area contributed by atoms with E-state index in [0.29, 0.717) is 10.8 Å². The summed E-state index contributed by atoms with van der Waals surface area (Å²) in [6.45, 7) is 2.00. The number of anilines is 3. The predicted octanol–water partition coefficient (Wildman–Crippen LogP) is 3.37. The van der Waals surface area contributed by atoms with E-state index in [1.165, 1.54) is 0 Å². The minimum atomic E-state index is 0.501. The number of aryl methyl sites for hydroxylation is 1. The Morgan fingerprint density at radius 3 is 2.69 bits per heavy atom. The summed E-state index contributed by atoms with van der Waals surface area (Å²) in [7, 11) is 0. The second-order valence-corrected chi connectivity index (χ2v) is 3.94. The molecule has 0 unspecified atom stereocenters. The summed E-state index contributed by atoms with van der Waals surface area (Å²) < 4.78 is 0. The van der Waals surface area contributed by atoms with Crippen LogP contribution < -0.4 is 11.1 Å². The molecule has 3 nitrogen and oxygen atoms in total. The normalized spacial score (nSPS) is 10.1. The van der Waals surface area contributed by atoms with Gasteiger partial charge in [-0.25, -0.2) is 4.98 Å². The molecule has 0 bridgehead atoms. The van der Waals surface area contributed by atoms with Crippen molar-refractivity contribution in [2.45, 2.75) is 6.92 Å². The van der Waals surface area contributed by atoms with Crippen LogP contribution in [0.3, 0.4) is 0 Å². The molecule has 1 aromatic carbocycles. The van der Waals surface area contributed by atoms with Crippen molar-refractivity contribution in [2.24, 2.45) is 0 Å². The maximum Gasteiger partial charge on any atom is 0.123 e. The zero-order valence-electron chi connectivity index (χ0n) is 8.87. The van der Waals surface area contributed by atoms with E-state index in [4.69, 9.17) is 17.3 Å². The average molecular weight is 234 g/mol. The molecule has 0 aliphatic heterocycles. The zero-order valence-corrected chi connectivity index (χ0v) is 9.62. The largest absolute Gasteiger partial charge is 0.384 e. The van der Waals surface area contributed by atoms with Gasteiger partial charge in [0.25, 0.3) is 0 Å². The molecule has 0 aliphatic carbocycles. The first kappa shape index (κ1) is 10.8. The summed E-state index contributed by atoms with van der Waals surface area (Å²) in [5, 5.41) is 3.91. The van der Waals surface area contributed by atoms with Gasteiger partial charge in [-0.1, -0.05) is 23.7 Å². The number of nitrogens with zero attached hydrogens (tertiary/aromatic N) is 1. The number of halogens is 1. The van der Waals surface area contributed by atoms with E-state index in [-0.39, 0.29) is 0 Å². The number of pyridine rings is 1. The van der Waals surface area contributed by atoms with E-state index in [0.717, 1.165) is 16.9 Å². The molecular formula is C12H12ClN3. The third-order valence-corrected chi connectivity index (χ3v) is 2.59. The molecule has 2 aromatic rings. The lowest BCUT2D eigenvalue weighted by atomic mass is 10.2.